The minimum Gasteiger partial charge on any atom is -0.508 e. The zero-order chi connectivity index (χ0) is 76.0. The van der Waals surface area contributed by atoms with E-state index in [2.05, 4.69) is 49.0 Å². The number of phenols is 2. The number of carbonyl (C=O) groups is 7. The van der Waals surface area contributed by atoms with Gasteiger partial charge in [0.1, 0.15) is 58.7 Å². The highest BCUT2D eigenvalue weighted by Gasteiger charge is 2.39. The standard InChI is InChI=1S/C57H86BrN10O11P.C20H12O5/c1-7-9-11-12-14-23-46(71)41-80(76,65(3)4)68-35-30-43(31-36-68)54-62-55(67(6)40-50(59)73)64-56(63-54)78-39-38-77-37-19-24-45(70)22-16-17-25-51(74)66(5)34-32-49(47-28-26-42-27-29-48(72)52(58)53(42)61-47)79-57(75)60-33-18-13-15-21-44(69)20-10-8-2;21-11-5-7-15-17(9-11)25-18-10-12(22)6-8-16(18)19(15)13-3-1-2-4-14(13)20(23)24/h2,26-29,43,49,72H,7,9-25,30-41H2,1,3-6H3,(H2,59,73)(H,60,75);1-10,21H,(H,23,24). The molecule has 2 unspecified atom stereocenters. The normalized spacial score (nSPS) is 13.3. The Labute approximate surface area is 621 Å². The number of alkyl carbamates (subject to hydrolysis) is 1. The van der Waals surface area contributed by atoms with Gasteiger partial charge in [0.05, 0.1) is 40.6 Å². The zero-order valence-electron chi connectivity index (χ0n) is 60.7. The first-order chi connectivity index (χ1) is 50.4. The molecule has 26 nitrogen and oxygen atoms in total. The maximum absolute atomic E-state index is 14.3. The van der Waals surface area contributed by atoms with E-state index in [1.54, 1.807) is 86.3 Å². The smallest absolute Gasteiger partial charge is 0.407 e. The van der Waals surface area contributed by atoms with Crippen molar-refractivity contribution in [2.24, 2.45) is 5.73 Å². The third kappa shape index (κ3) is 25.5. The van der Waals surface area contributed by atoms with E-state index in [0.29, 0.717) is 165 Å². The third-order valence-electron chi connectivity index (χ3n) is 18.1. The first kappa shape index (κ1) is 83.1. The van der Waals surface area contributed by atoms with Crippen molar-refractivity contribution < 1.29 is 72.1 Å². The predicted octanol–water partition coefficient (Wildman–Crippen LogP) is 12.8. The summed E-state index contributed by atoms with van der Waals surface area (Å²) in [6.45, 7) is 4.26. The Balaban J connectivity index is 0.000000509. The molecule has 2 aromatic heterocycles. The zero-order valence-corrected chi connectivity index (χ0v) is 63.1. The summed E-state index contributed by atoms with van der Waals surface area (Å²) >= 11 is 3.40. The lowest BCUT2D eigenvalue weighted by Crippen LogP contribution is -2.37. The molecule has 2 atom stereocenters. The number of Topliss-reactive ketones (excluding diaryl/α,β-unsaturated/α-hetero) is 3. The third-order valence-corrected chi connectivity index (χ3v) is 22.2. The average molecular weight is 1530 g/mol. The molecule has 1 saturated heterocycles. The molecule has 3 aromatic carbocycles. The number of terminal acetylenes is 1. The number of aromatic hydroxyl groups is 2. The number of halogens is 1. The van der Waals surface area contributed by atoms with E-state index in [4.69, 9.17) is 35.8 Å². The van der Waals surface area contributed by atoms with Crippen LogP contribution in [0.1, 0.15) is 176 Å². The van der Waals surface area contributed by atoms with Crippen molar-refractivity contribution in [2.45, 2.75) is 154 Å². The van der Waals surface area contributed by atoms with Crippen LogP contribution in [0.3, 0.4) is 0 Å². The first-order valence-corrected chi connectivity index (χ1v) is 38.4. The Morgan fingerprint density at radius 2 is 1.46 bits per heavy atom. The van der Waals surface area contributed by atoms with Gasteiger partial charge in [-0.3, -0.25) is 33.3 Å². The van der Waals surface area contributed by atoms with E-state index < -0.39 is 31.5 Å². The molecule has 1 aliphatic carbocycles. The highest BCUT2D eigenvalue weighted by Crippen LogP contribution is 2.54. The van der Waals surface area contributed by atoms with E-state index in [1.165, 1.54) is 35.2 Å². The van der Waals surface area contributed by atoms with Crippen molar-refractivity contribution in [2.75, 3.05) is 91.8 Å². The van der Waals surface area contributed by atoms with Crippen LogP contribution >= 0.6 is 23.4 Å². The van der Waals surface area contributed by atoms with Gasteiger partial charge in [-0.25, -0.2) is 23.9 Å². The molecule has 3 aliphatic rings. The van der Waals surface area contributed by atoms with E-state index in [1.807, 2.05) is 10.7 Å². The molecule has 0 saturated carbocycles. The number of carboxylic acid groups (broad SMARTS) is 1. The highest BCUT2D eigenvalue weighted by molar-refractivity contribution is 9.10. The number of unbranched alkanes of at least 4 members (excludes halogenated alkanes) is 7. The Morgan fingerprint density at radius 1 is 0.771 bits per heavy atom. The minimum absolute atomic E-state index is 0.0163. The van der Waals surface area contributed by atoms with E-state index in [9.17, 15) is 58.2 Å². The van der Waals surface area contributed by atoms with Gasteiger partial charge in [0.15, 0.2) is 5.43 Å². The summed E-state index contributed by atoms with van der Waals surface area (Å²) in [6.07, 6.45) is 16.7. The number of benzene rings is 4. The number of primary amides is 1. The molecule has 4 heterocycles. The number of carboxylic acids is 1. The molecule has 1 fully saturated rings. The number of amides is 3. The summed E-state index contributed by atoms with van der Waals surface area (Å²) in [5.74, 6) is 1.94. The van der Waals surface area contributed by atoms with Crippen molar-refractivity contribution in [3.8, 4) is 52.3 Å². The number of phenolic OH excluding ortho intramolecular Hbond substituents is 2. The summed E-state index contributed by atoms with van der Waals surface area (Å²) in [7, 11) is 3.75. The molecule has 0 radical (unpaired) electrons. The number of pyridine rings is 1. The van der Waals surface area contributed by atoms with E-state index in [0.717, 1.165) is 43.9 Å². The number of aromatic carboxylic acids is 1. The summed E-state index contributed by atoms with van der Waals surface area (Å²) < 4.78 is 41.7. The van der Waals surface area contributed by atoms with E-state index >= 15 is 0 Å². The first-order valence-electron chi connectivity index (χ1n) is 35.8. The molecular formula is C77H98BrN10O16P. The Kier molecular flexibility index (Phi) is 33.3. The van der Waals surface area contributed by atoms with Crippen LogP contribution in [-0.2, 0) is 38.0 Å². The lowest BCUT2D eigenvalue weighted by molar-refractivity contribution is -0.130. The maximum atomic E-state index is 14.3. The average Bonchev–Trinajstić information content (AvgIpc) is 0.750. The number of aromatic nitrogens is 4. The fourth-order valence-corrected chi connectivity index (χ4v) is 15.1. The van der Waals surface area contributed by atoms with Crippen LogP contribution in [0.4, 0.5) is 10.7 Å². The summed E-state index contributed by atoms with van der Waals surface area (Å²) in [6, 6.07) is 22.6. The summed E-state index contributed by atoms with van der Waals surface area (Å²) in [4.78, 5) is 121. The molecular weight excluding hydrogens is 1430 g/mol. The lowest BCUT2D eigenvalue weighted by Gasteiger charge is -2.39. The molecule has 6 N–H and O–H groups in total. The summed E-state index contributed by atoms with van der Waals surface area (Å²) in [5, 5.41) is 33.8. The molecule has 0 bridgehead atoms. The van der Waals surface area contributed by atoms with Crippen LogP contribution in [-0.4, -0.2) is 178 Å². The van der Waals surface area contributed by atoms with Crippen LogP contribution in [0, 0.1) is 12.3 Å². The number of rotatable bonds is 42. The number of nitrogens with zero attached hydrogens (tertiary/aromatic N) is 8. The number of anilines is 1. The van der Waals surface area contributed by atoms with Gasteiger partial charge in [-0.1, -0.05) is 63.3 Å². The van der Waals surface area contributed by atoms with Crippen LogP contribution in [0.2, 0.25) is 0 Å². The number of likely N-dealkylation sites (N-methyl/N-ethyl adjacent to an activating group) is 1. The molecule has 3 amide bonds. The number of hydrogen-bond acceptors (Lipinski definition) is 20. The molecule has 5 aromatic rings. The largest absolute Gasteiger partial charge is 0.508 e. The van der Waals surface area contributed by atoms with Crippen molar-refractivity contribution in [1.82, 2.24) is 39.5 Å². The molecule has 564 valence electrons. The quantitative estimate of drug-likeness (QED) is 0.0103. The van der Waals surface area contributed by atoms with Crippen molar-refractivity contribution in [3.63, 3.8) is 0 Å². The van der Waals surface area contributed by atoms with Crippen molar-refractivity contribution in [1.29, 1.82) is 0 Å². The number of nitrogens with one attached hydrogen (secondary N) is 1. The second kappa shape index (κ2) is 42.1. The minimum atomic E-state index is -3.12. The maximum Gasteiger partial charge on any atom is 0.407 e. The van der Waals surface area contributed by atoms with Gasteiger partial charge in [-0.05, 0) is 135 Å². The van der Waals surface area contributed by atoms with Gasteiger partial charge < -0.3 is 54.8 Å². The predicted molar refractivity (Wildman–Crippen MR) is 405 cm³/mol. The van der Waals surface area contributed by atoms with Gasteiger partial charge >= 0.3 is 18.1 Å². The van der Waals surface area contributed by atoms with E-state index in [-0.39, 0.29) is 109 Å². The summed E-state index contributed by atoms with van der Waals surface area (Å²) in [5.41, 5.74) is 8.53. The highest BCUT2D eigenvalue weighted by atomic mass is 79.9. The molecule has 2 aliphatic heterocycles. The van der Waals surface area contributed by atoms with Crippen molar-refractivity contribution >= 4 is 92.4 Å². The number of ether oxygens (including phenoxy) is 3. The molecule has 28 heteroatoms. The number of ketones is 3. The number of fused-ring (bicyclic) bond motifs is 3. The van der Waals surface area contributed by atoms with Crippen LogP contribution < -0.4 is 26.1 Å². The fraction of sp³-hybridized carbons (Fsp3) is 0.481. The Morgan fingerprint density at radius 3 is 2.18 bits per heavy atom. The second-order valence-corrected chi connectivity index (χ2v) is 30.2. The Bertz CT molecular complexity index is 4240. The van der Waals surface area contributed by atoms with Gasteiger partial charge in [0.25, 0.3) is 0 Å². The number of nitrogens with two attached hydrogens (primary N) is 1. The number of piperidine rings is 1. The van der Waals surface area contributed by atoms with Gasteiger partial charge in [-0.2, -0.15) is 15.0 Å². The second-order valence-electron chi connectivity index (χ2n) is 26.4. The molecule has 8 rings (SSSR count). The fourth-order valence-electron chi connectivity index (χ4n) is 12.2. The molecule has 0 spiro atoms. The van der Waals surface area contributed by atoms with Crippen LogP contribution in [0.5, 0.6) is 17.5 Å². The van der Waals surface area contributed by atoms with Crippen LogP contribution in [0.15, 0.2) is 98.6 Å². The Hall–Kier alpha value is -9.19. The topological polar surface area (TPSA) is 358 Å². The monoisotopic (exact) mass is 1530 g/mol. The van der Waals surface area contributed by atoms with Crippen molar-refractivity contribution in [3.05, 3.63) is 117 Å². The lowest BCUT2D eigenvalue weighted by atomic mass is 9.91. The van der Waals surface area contributed by atoms with Gasteiger partial charge in [-0.15, -0.1) is 12.3 Å². The number of carbonyl (C=O) groups excluding carboxylic acids is 6. The molecule has 105 heavy (non-hydrogen) atoms. The van der Waals surface area contributed by atoms with Gasteiger partial charge in [0, 0.05) is 138 Å². The van der Waals surface area contributed by atoms with Crippen LogP contribution in [0.25, 0.3) is 44.3 Å². The van der Waals surface area contributed by atoms with Gasteiger partial charge in [0.2, 0.25) is 25.2 Å². The number of hydrogen-bond donors (Lipinski definition) is 5. The SMILES string of the molecule is C#CCCC(=O)CCCCCNC(=O)OC(CCN(C)C(=O)CCCCC(=O)CCCOCCOc1nc(C2CCN(P(=O)(CC(=O)CCCCCCC)N(C)C)CC2)nc(N(C)CC(N)=O)n1)c1ccc2ccc(O)c(Br)c2n1.O=C(O)c1ccccc1-c1c2ccc(=O)cc-2oc2cc(O)ccc12.